The highest BCUT2D eigenvalue weighted by molar-refractivity contribution is 4.73. The van der Waals surface area contributed by atoms with Gasteiger partial charge in [0.05, 0.1) is 6.61 Å². The van der Waals surface area contributed by atoms with Gasteiger partial charge in [-0.05, 0) is 44.9 Å². The molecule has 1 aliphatic rings. The molecule has 108 valence electrons. The van der Waals surface area contributed by atoms with Crippen LogP contribution in [0.25, 0.3) is 0 Å². The fraction of sp³-hybridized carbons (Fsp3) is 1.00. The molecule has 1 fully saturated rings. The van der Waals surface area contributed by atoms with Crippen molar-refractivity contribution >= 4 is 0 Å². The summed E-state index contributed by atoms with van der Waals surface area (Å²) in [6.45, 7) is 5.69. The van der Waals surface area contributed by atoms with Gasteiger partial charge < -0.3 is 15.0 Å². The number of hydrogen-bond donors (Lipinski definition) is 1. The molecular formula is C12H23F3N2O. The lowest BCUT2D eigenvalue weighted by Crippen LogP contribution is -2.39. The minimum Gasteiger partial charge on any atom is -0.371 e. The van der Waals surface area contributed by atoms with E-state index in [1.807, 2.05) is 0 Å². The average molecular weight is 268 g/mol. The number of nitrogens with zero attached hydrogens (tertiary/aromatic N) is 1. The van der Waals surface area contributed by atoms with E-state index < -0.39 is 12.8 Å². The molecular weight excluding hydrogens is 245 g/mol. The molecule has 1 saturated heterocycles. The molecule has 3 nitrogen and oxygen atoms in total. The Labute approximate surface area is 107 Å². The van der Waals surface area contributed by atoms with Crippen LogP contribution in [0.1, 0.15) is 19.8 Å². The molecule has 0 aliphatic carbocycles. The SMILES string of the molecule is CCNCC1CCN(CCOCC(F)(F)F)CC1. The minimum atomic E-state index is -4.21. The standard InChI is InChI=1S/C12H23F3N2O/c1-2-16-9-11-3-5-17(6-4-11)7-8-18-10-12(13,14)15/h11,16H,2-10H2,1H3. The Kier molecular flexibility index (Phi) is 6.96. The van der Waals surface area contributed by atoms with E-state index in [1.165, 1.54) is 0 Å². The fourth-order valence-electron chi connectivity index (χ4n) is 2.14. The molecule has 0 unspecified atom stereocenters. The number of hydrogen-bond acceptors (Lipinski definition) is 3. The number of alkyl halides is 3. The molecule has 0 amide bonds. The molecule has 0 radical (unpaired) electrons. The zero-order valence-corrected chi connectivity index (χ0v) is 10.9. The first kappa shape index (κ1) is 15.7. The predicted octanol–water partition coefficient (Wildman–Crippen LogP) is 1.89. The third-order valence-corrected chi connectivity index (χ3v) is 3.21. The van der Waals surface area contributed by atoms with Gasteiger partial charge in [-0.2, -0.15) is 13.2 Å². The molecule has 1 rings (SSSR count). The van der Waals surface area contributed by atoms with Crippen LogP contribution in [0.5, 0.6) is 0 Å². The van der Waals surface area contributed by atoms with Crippen LogP contribution in [0, 0.1) is 5.92 Å². The summed E-state index contributed by atoms with van der Waals surface area (Å²) in [6, 6.07) is 0. The number of rotatable bonds is 7. The Hall–Kier alpha value is -0.330. The van der Waals surface area contributed by atoms with E-state index in [0.29, 0.717) is 12.5 Å². The van der Waals surface area contributed by atoms with E-state index in [-0.39, 0.29) is 6.61 Å². The van der Waals surface area contributed by atoms with Gasteiger partial charge in [-0.3, -0.25) is 0 Å². The van der Waals surface area contributed by atoms with E-state index in [0.717, 1.165) is 39.0 Å². The third kappa shape index (κ3) is 7.18. The predicted molar refractivity (Wildman–Crippen MR) is 64.6 cm³/mol. The topological polar surface area (TPSA) is 24.5 Å². The second-order valence-corrected chi connectivity index (χ2v) is 4.76. The van der Waals surface area contributed by atoms with Gasteiger partial charge in [-0.1, -0.05) is 6.92 Å². The molecule has 0 aromatic rings. The van der Waals surface area contributed by atoms with Gasteiger partial charge in [-0.15, -0.1) is 0 Å². The summed E-state index contributed by atoms with van der Waals surface area (Å²) in [5.74, 6) is 0.706. The Bertz CT molecular complexity index is 216. The van der Waals surface area contributed by atoms with E-state index in [2.05, 4.69) is 21.9 Å². The fourth-order valence-corrected chi connectivity index (χ4v) is 2.14. The van der Waals surface area contributed by atoms with Crippen LogP contribution < -0.4 is 5.32 Å². The van der Waals surface area contributed by atoms with Crippen molar-refractivity contribution in [3.8, 4) is 0 Å². The molecule has 0 atom stereocenters. The number of nitrogens with one attached hydrogen (secondary N) is 1. The van der Waals surface area contributed by atoms with Crippen LogP contribution in [0.15, 0.2) is 0 Å². The Morgan fingerprint density at radius 3 is 2.50 bits per heavy atom. The Morgan fingerprint density at radius 2 is 1.94 bits per heavy atom. The molecule has 0 spiro atoms. The van der Waals surface area contributed by atoms with Crippen molar-refractivity contribution in [1.29, 1.82) is 0 Å². The average Bonchev–Trinajstić information content (AvgIpc) is 2.32. The van der Waals surface area contributed by atoms with Crippen LogP contribution in [-0.4, -0.2) is 57.0 Å². The van der Waals surface area contributed by atoms with Crippen LogP contribution in [0.3, 0.4) is 0 Å². The largest absolute Gasteiger partial charge is 0.411 e. The highest BCUT2D eigenvalue weighted by Crippen LogP contribution is 2.17. The van der Waals surface area contributed by atoms with Gasteiger partial charge in [-0.25, -0.2) is 0 Å². The smallest absolute Gasteiger partial charge is 0.371 e. The Morgan fingerprint density at radius 1 is 1.28 bits per heavy atom. The number of likely N-dealkylation sites (tertiary alicyclic amines) is 1. The van der Waals surface area contributed by atoms with Crippen molar-refractivity contribution < 1.29 is 17.9 Å². The van der Waals surface area contributed by atoms with Crippen molar-refractivity contribution in [2.45, 2.75) is 25.9 Å². The van der Waals surface area contributed by atoms with E-state index in [9.17, 15) is 13.2 Å². The van der Waals surface area contributed by atoms with Crippen molar-refractivity contribution in [1.82, 2.24) is 10.2 Å². The zero-order chi connectivity index (χ0) is 13.4. The maximum absolute atomic E-state index is 11.8. The lowest BCUT2D eigenvalue weighted by molar-refractivity contribution is -0.174. The quantitative estimate of drug-likeness (QED) is 0.714. The van der Waals surface area contributed by atoms with Crippen LogP contribution in [-0.2, 0) is 4.74 Å². The zero-order valence-electron chi connectivity index (χ0n) is 10.9. The molecule has 18 heavy (non-hydrogen) atoms. The summed E-state index contributed by atoms with van der Waals surface area (Å²) < 4.78 is 40.1. The van der Waals surface area contributed by atoms with Crippen LogP contribution in [0.2, 0.25) is 0 Å². The normalized spacial score (nSPS) is 19.3. The monoisotopic (exact) mass is 268 g/mol. The molecule has 1 heterocycles. The van der Waals surface area contributed by atoms with Crippen molar-refractivity contribution in [3.63, 3.8) is 0 Å². The summed E-state index contributed by atoms with van der Waals surface area (Å²) in [4.78, 5) is 2.18. The van der Waals surface area contributed by atoms with Gasteiger partial charge in [0, 0.05) is 6.54 Å². The summed E-state index contributed by atoms with van der Waals surface area (Å²) >= 11 is 0. The summed E-state index contributed by atoms with van der Waals surface area (Å²) in [7, 11) is 0. The molecule has 6 heteroatoms. The highest BCUT2D eigenvalue weighted by Gasteiger charge is 2.27. The maximum atomic E-state index is 11.8. The summed E-state index contributed by atoms with van der Waals surface area (Å²) in [5.41, 5.74) is 0. The molecule has 1 aliphatic heterocycles. The van der Waals surface area contributed by atoms with Gasteiger partial charge in [0.1, 0.15) is 6.61 Å². The van der Waals surface area contributed by atoms with Gasteiger partial charge in [0.15, 0.2) is 0 Å². The second kappa shape index (κ2) is 7.96. The highest BCUT2D eigenvalue weighted by atomic mass is 19.4. The second-order valence-electron chi connectivity index (χ2n) is 4.76. The summed E-state index contributed by atoms with van der Waals surface area (Å²) in [6.07, 6.45) is -1.97. The van der Waals surface area contributed by atoms with Crippen LogP contribution in [0.4, 0.5) is 13.2 Å². The minimum absolute atomic E-state index is 0.164. The molecule has 0 saturated carbocycles. The molecule has 1 N–H and O–H groups in total. The van der Waals surface area contributed by atoms with Crippen molar-refractivity contribution in [3.05, 3.63) is 0 Å². The summed E-state index contributed by atoms with van der Waals surface area (Å²) in [5, 5.41) is 3.33. The van der Waals surface area contributed by atoms with Gasteiger partial charge >= 0.3 is 6.18 Å². The van der Waals surface area contributed by atoms with E-state index >= 15 is 0 Å². The first-order valence-electron chi connectivity index (χ1n) is 6.59. The molecule has 0 bridgehead atoms. The molecule has 0 aromatic carbocycles. The lowest BCUT2D eigenvalue weighted by Gasteiger charge is -2.31. The van der Waals surface area contributed by atoms with Crippen LogP contribution >= 0.6 is 0 Å². The Balaban J connectivity index is 2.02. The first-order chi connectivity index (χ1) is 8.51. The number of ether oxygens (including phenoxy) is 1. The maximum Gasteiger partial charge on any atom is 0.411 e. The van der Waals surface area contributed by atoms with Crippen molar-refractivity contribution in [2.75, 3.05) is 45.9 Å². The molecule has 0 aromatic heterocycles. The number of piperidine rings is 1. The number of halogens is 3. The van der Waals surface area contributed by atoms with E-state index in [1.54, 1.807) is 0 Å². The van der Waals surface area contributed by atoms with Gasteiger partial charge in [0.2, 0.25) is 0 Å². The first-order valence-corrected chi connectivity index (χ1v) is 6.59. The lowest BCUT2D eigenvalue weighted by atomic mass is 9.97. The van der Waals surface area contributed by atoms with Gasteiger partial charge in [0.25, 0.3) is 0 Å². The third-order valence-electron chi connectivity index (χ3n) is 3.21. The van der Waals surface area contributed by atoms with E-state index in [4.69, 9.17) is 0 Å². The van der Waals surface area contributed by atoms with Crippen molar-refractivity contribution in [2.24, 2.45) is 5.92 Å².